The summed E-state index contributed by atoms with van der Waals surface area (Å²) in [5.74, 6) is -0.682. The average molecular weight is 311 g/mol. The Hall–Kier alpha value is -1.40. The molecule has 1 saturated carbocycles. The topological polar surface area (TPSA) is 83.5 Å². The molecule has 0 saturated heterocycles. The number of sulfonamides is 1. The summed E-state index contributed by atoms with van der Waals surface area (Å²) in [5.41, 5.74) is 1.17. The summed E-state index contributed by atoms with van der Waals surface area (Å²) in [6, 6.07) is 5.65. The minimum absolute atomic E-state index is 0.107. The average Bonchev–Trinajstić information content (AvgIpc) is 2.48. The van der Waals surface area contributed by atoms with E-state index in [1.807, 2.05) is 12.1 Å². The minimum atomic E-state index is -3.78. The molecule has 116 valence electrons. The predicted octanol–water partition coefficient (Wildman–Crippen LogP) is 2.49. The van der Waals surface area contributed by atoms with E-state index in [0.717, 1.165) is 12.8 Å². The molecule has 1 atom stereocenters. The molecule has 0 unspecified atom stereocenters. The SMILES string of the molecule is C[C@@H](NS(=O)(=O)c1ccc(C2CCCCC2)cc1)C(=O)O. The molecule has 0 aliphatic heterocycles. The second-order valence-electron chi connectivity index (χ2n) is 5.59. The number of benzene rings is 1. The molecule has 1 aliphatic carbocycles. The summed E-state index contributed by atoms with van der Waals surface area (Å²) < 4.78 is 26.3. The van der Waals surface area contributed by atoms with Crippen molar-refractivity contribution in [2.24, 2.45) is 0 Å². The molecule has 5 nitrogen and oxygen atoms in total. The molecule has 0 bridgehead atoms. The van der Waals surface area contributed by atoms with Gasteiger partial charge >= 0.3 is 5.97 Å². The van der Waals surface area contributed by atoms with Crippen molar-refractivity contribution in [3.63, 3.8) is 0 Å². The van der Waals surface area contributed by atoms with E-state index in [-0.39, 0.29) is 4.90 Å². The van der Waals surface area contributed by atoms with Crippen molar-refractivity contribution in [2.75, 3.05) is 0 Å². The molecule has 2 N–H and O–H groups in total. The summed E-state index contributed by atoms with van der Waals surface area (Å²) in [6.07, 6.45) is 6.03. The normalized spacial score (nSPS) is 18.3. The van der Waals surface area contributed by atoms with Gasteiger partial charge in [-0.1, -0.05) is 31.4 Å². The molecule has 6 heteroatoms. The standard InChI is InChI=1S/C15H21NO4S/c1-11(15(17)18)16-21(19,20)14-9-7-13(8-10-14)12-5-3-2-4-6-12/h7-12,16H,2-6H2,1H3,(H,17,18)/t11-/m1/s1. The Morgan fingerprint density at radius 1 is 1.19 bits per heavy atom. The first-order chi connectivity index (χ1) is 9.90. The monoisotopic (exact) mass is 311 g/mol. The fraction of sp³-hybridized carbons (Fsp3) is 0.533. The molecule has 1 aromatic rings. The van der Waals surface area contributed by atoms with Crippen LogP contribution in [0.2, 0.25) is 0 Å². The van der Waals surface area contributed by atoms with Gasteiger partial charge in [-0.2, -0.15) is 4.72 Å². The summed E-state index contributed by atoms with van der Waals surface area (Å²) in [6.45, 7) is 1.30. The predicted molar refractivity (Wildman–Crippen MR) is 79.7 cm³/mol. The first-order valence-corrected chi connectivity index (χ1v) is 8.73. The van der Waals surface area contributed by atoms with Crippen molar-refractivity contribution < 1.29 is 18.3 Å². The molecule has 0 heterocycles. The van der Waals surface area contributed by atoms with Crippen LogP contribution in [0.25, 0.3) is 0 Å². The van der Waals surface area contributed by atoms with Crippen LogP contribution >= 0.6 is 0 Å². The van der Waals surface area contributed by atoms with E-state index in [1.54, 1.807) is 12.1 Å². The molecule has 1 aromatic carbocycles. The Morgan fingerprint density at radius 2 is 1.76 bits per heavy atom. The molecular weight excluding hydrogens is 290 g/mol. The van der Waals surface area contributed by atoms with Gasteiger partial charge < -0.3 is 5.11 Å². The Balaban J connectivity index is 2.12. The minimum Gasteiger partial charge on any atom is -0.480 e. The molecule has 21 heavy (non-hydrogen) atoms. The zero-order valence-electron chi connectivity index (χ0n) is 12.1. The van der Waals surface area contributed by atoms with Crippen LogP contribution in [0.5, 0.6) is 0 Å². The van der Waals surface area contributed by atoms with Gasteiger partial charge in [0, 0.05) is 0 Å². The molecule has 1 fully saturated rings. The molecular formula is C15H21NO4S. The van der Waals surface area contributed by atoms with Crippen LogP contribution < -0.4 is 4.72 Å². The number of hydrogen-bond donors (Lipinski definition) is 2. The molecule has 2 rings (SSSR count). The van der Waals surface area contributed by atoms with E-state index in [1.165, 1.54) is 31.7 Å². The number of rotatable bonds is 5. The smallest absolute Gasteiger partial charge is 0.321 e. The summed E-state index contributed by atoms with van der Waals surface area (Å²) in [7, 11) is -3.78. The van der Waals surface area contributed by atoms with Gasteiger partial charge in [-0.25, -0.2) is 8.42 Å². The maximum absolute atomic E-state index is 12.1. The zero-order valence-corrected chi connectivity index (χ0v) is 12.9. The van der Waals surface area contributed by atoms with Gasteiger partial charge in [0.15, 0.2) is 0 Å². The molecule has 0 aromatic heterocycles. The first-order valence-electron chi connectivity index (χ1n) is 7.25. The first kappa shape index (κ1) is 16.0. The van der Waals surface area contributed by atoms with Gasteiger partial charge in [0.25, 0.3) is 0 Å². The van der Waals surface area contributed by atoms with Crippen molar-refractivity contribution in [3.05, 3.63) is 29.8 Å². The zero-order chi connectivity index (χ0) is 15.5. The highest BCUT2D eigenvalue weighted by Crippen LogP contribution is 2.32. The third kappa shape index (κ3) is 4.04. The van der Waals surface area contributed by atoms with E-state index in [9.17, 15) is 13.2 Å². The Kier molecular flexibility index (Phi) is 5.00. The van der Waals surface area contributed by atoms with Crippen molar-refractivity contribution in [2.45, 2.75) is 55.9 Å². The second kappa shape index (κ2) is 6.58. The van der Waals surface area contributed by atoms with Crippen LogP contribution in [-0.2, 0) is 14.8 Å². The number of carboxylic acid groups (broad SMARTS) is 1. The van der Waals surface area contributed by atoms with E-state index < -0.39 is 22.0 Å². The van der Waals surface area contributed by atoms with Crippen molar-refractivity contribution in [3.8, 4) is 0 Å². The third-order valence-electron chi connectivity index (χ3n) is 3.97. The number of aliphatic carboxylic acids is 1. The lowest BCUT2D eigenvalue weighted by Crippen LogP contribution is -2.38. The fourth-order valence-electron chi connectivity index (χ4n) is 2.71. The molecule has 0 radical (unpaired) electrons. The van der Waals surface area contributed by atoms with Crippen molar-refractivity contribution in [1.82, 2.24) is 4.72 Å². The summed E-state index contributed by atoms with van der Waals surface area (Å²) >= 11 is 0. The van der Waals surface area contributed by atoms with Crippen molar-refractivity contribution >= 4 is 16.0 Å². The molecule has 1 aliphatic rings. The third-order valence-corrected chi connectivity index (χ3v) is 5.53. The number of nitrogens with one attached hydrogen (secondary N) is 1. The van der Waals surface area contributed by atoms with Crippen LogP contribution in [0.15, 0.2) is 29.2 Å². The van der Waals surface area contributed by atoms with Gasteiger partial charge in [-0.15, -0.1) is 0 Å². The second-order valence-corrected chi connectivity index (χ2v) is 7.30. The molecule has 0 amide bonds. The van der Waals surface area contributed by atoms with Gasteiger partial charge in [-0.05, 0) is 43.4 Å². The van der Waals surface area contributed by atoms with Crippen LogP contribution in [0.1, 0.15) is 50.5 Å². The van der Waals surface area contributed by atoms with E-state index in [4.69, 9.17) is 5.11 Å². The van der Waals surface area contributed by atoms with Crippen LogP contribution in [-0.4, -0.2) is 25.5 Å². The lowest BCUT2D eigenvalue weighted by Gasteiger charge is -2.22. The van der Waals surface area contributed by atoms with Crippen molar-refractivity contribution in [1.29, 1.82) is 0 Å². The Morgan fingerprint density at radius 3 is 2.29 bits per heavy atom. The van der Waals surface area contributed by atoms with Gasteiger partial charge in [0.2, 0.25) is 10.0 Å². The van der Waals surface area contributed by atoms with Gasteiger partial charge in [0.1, 0.15) is 6.04 Å². The lowest BCUT2D eigenvalue weighted by molar-refractivity contribution is -0.138. The highest BCUT2D eigenvalue weighted by atomic mass is 32.2. The van der Waals surface area contributed by atoms with Gasteiger partial charge in [0.05, 0.1) is 4.90 Å². The maximum Gasteiger partial charge on any atom is 0.321 e. The van der Waals surface area contributed by atoms with Gasteiger partial charge in [-0.3, -0.25) is 4.79 Å². The number of carbonyl (C=O) groups is 1. The van der Waals surface area contributed by atoms with Crippen LogP contribution in [0.3, 0.4) is 0 Å². The number of hydrogen-bond acceptors (Lipinski definition) is 3. The summed E-state index contributed by atoms with van der Waals surface area (Å²) in [4.78, 5) is 10.8. The maximum atomic E-state index is 12.1. The number of carboxylic acids is 1. The fourth-order valence-corrected chi connectivity index (χ4v) is 3.90. The lowest BCUT2D eigenvalue weighted by atomic mass is 9.84. The highest BCUT2D eigenvalue weighted by Gasteiger charge is 2.22. The summed E-state index contributed by atoms with van der Waals surface area (Å²) in [5, 5.41) is 8.78. The largest absolute Gasteiger partial charge is 0.480 e. The molecule has 0 spiro atoms. The van der Waals surface area contributed by atoms with E-state index in [0.29, 0.717) is 5.92 Å². The van der Waals surface area contributed by atoms with Crippen LogP contribution in [0, 0.1) is 0 Å². The van der Waals surface area contributed by atoms with E-state index >= 15 is 0 Å². The Bertz CT molecular complexity index is 589. The quantitative estimate of drug-likeness (QED) is 0.875. The highest BCUT2D eigenvalue weighted by molar-refractivity contribution is 7.89. The van der Waals surface area contributed by atoms with E-state index in [2.05, 4.69) is 4.72 Å². The van der Waals surface area contributed by atoms with Crippen LogP contribution in [0.4, 0.5) is 0 Å². The Labute approximate surface area is 125 Å².